The Balaban J connectivity index is 1.54. The van der Waals surface area contributed by atoms with Crippen molar-refractivity contribution < 1.29 is 14.1 Å². The largest absolute Gasteiger partial charge is 0.375 e. The zero-order valence-corrected chi connectivity index (χ0v) is 15.0. The van der Waals surface area contributed by atoms with E-state index in [2.05, 4.69) is 15.1 Å². The molecule has 2 aromatic heterocycles. The average Bonchev–Trinajstić information content (AvgIpc) is 2.92. The van der Waals surface area contributed by atoms with Gasteiger partial charge in [0.15, 0.2) is 0 Å². The van der Waals surface area contributed by atoms with Gasteiger partial charge in [-0.25, -0.2) is 9.97 Å². The summed E-state index contributed by atoms with van der Waals surface area (Å²) in [6.45, 7) is 7.48. The number of carbonyl (C=O) groups is 1. The second kappa shape index (κ2) is 7.74. The van der Waals surface area contributed by atoms with Gasteiger partial charge in [-0.3, -0.25) is 4.79 Å². The van der Waals surface area contributed by atoms with E-state index in [1.54, 1.807) is 6.33 Å². The third-order valence-electron chi connectivity index (χ3n) is 4.58. The SMILES string of the molecule is Cc1cc(CCC2CN(C(=O)Cc3c(C)noc3C)CCO2)ncn1. The average molecular weight is 344 g/mol. The molecule has 1 atom stereocenters. The molecule has 1 saturated heterocycles. The molecule has 1 aliphatic heterocycles. The highest BCUT2D eigenvalue weighted by Crippen LogP contribution is 2.17. The monoisotopic (exact) mass is 344 g/mol. The molecule has 0 spiro atoms. The summed E-state index contributed by atoms with van der Waals surface area (Å²) in [4.78, 5) is 22.9. The molecular formula is C18H24N4O3. The Kier molecular flexibility index (Phi) is 5.43. The van der Waals surface area contributed by atoms with Crippen molar-refractivity contribution in [1.82, 2.24) is 20.0 Å². The Morgan fingerprint density at radius 1 is 1.32 bits per heavy atom. The lowest BCUT2D eigenvalue weighted by Crippen LogP contribution is -2.46. The summed E-state index contributed by atoms with van der Waals surface area (Å²) in [5.74, 6) is 0.815. The van der Waals surface area contributed by atoms with Crippen LogP contribution in [0.25, 0.3) is 0 Å². The molecule has 7 heteroatoms. The van der Waals surface area contributed by atoms with Gasteiger partial charge in [-0.05, 0) is 39.7 Å². The van der Waals surface area contributed by atoms with Gasteiger partial charge in [0.2, 0.25) is 5.91 Å². The minimum absolute atomic E-state index is 0.0395. The molecule has 3 rings (SSSR count). The lowest BCUT2D eigenvalue weighted by atomic mass is 10.1. The summed E-state index contributed by atoms with van der Waals surface area (Å²) in [7, 11) is 0. The number of ether oxygens (including phenoxy) is 1. The quantitative estimate of drug-likeness (QED) is 0.822. The van der Waals surface area contributed by atoms with Crippen molar-refractivity contribution in [3.8, 4) is 0 Å². The van der Waals surface area contributed by atoms with Crippen LogP contribution in [0.5, 0.6) is 0 Å². The topological polar surface area (TPSA) is 81.4 Å². The highest BCUT2D eigenvalue weighted by atomic mass is 16.5. The first kappa shape index (κ1) is 17.5. The minimum Gasteiger partial charge on any atom is -0.375 e. The molecule has 2 aromatic rings. The third-order valence-corrected chi connectivity index (χ3v) is 4.58. The number of hydrogen-bond donors (Lipinski definition) is 0. The van der Waals surface area contributed by atoms with E-state index in [0.717, 1.165) is 41.2 Å². The van der Waals surface area contributed by atoms with E-state index in [1.165, 1.54) is 0 Å². The molecule has 0 radical (unpaired) electrons. The molecule has 0 saturated carbocycles. The van der Waals surface area contributed by atoms with Gasteiger partial charge in [0.05, 0.1) is 24.8 Å². The molecule has 7 nitrogen and oxygen atoms in total. The van der Waals surface area contributed by atoms with E-state index in [-0.39, 0.29) is 12.0 Å². The maximum atomic E-state index is 12.6. The number of rotatable bonds is 5. The van der Waals surface area contributed by atoms with Crippen LogP contribution < -0.4 is 0 Å². The fourth-order valence-corrected chi connectivity index (χ4v) is 3.09. The maximum Gasteiger partial charge on any atom is 0.227 e. The Bertz CT molecular complexity index is 724. The molecular weight excluding hydrogens is 320 g/mol. The van der Waals surface area contributed by atoms with E-state index in [9.17, 15) is 4.79 Å². The van der Waals surface area contributed by atoms with Crippen molar-refractivity contribution in [2.24, 2.45) is 0 Å². The fraction of sp³-hybridized carbons (Fsp3) is 0.556. The minimum atomic E-state index is 0.0395. The Morgan fingerprint density at radius 2 is 2.16 bits per heavy atom. The van der Waals surface area contributed by atoms with Crippen LogP contribution in [0.1, 0.15) is 34.8 Å². The van der Waals surface area contributed by atoms with E-state index in [4.69, 9.17) is 9.26 Å². The first-order valence-corrected chi connectivity index (χ1v) is 8.61. The number of nitrogens with zero attached hydrogens (tertiary/aromatic N) is 4. The Labute approximate surface area is 147 Å². The molecule has 1 unspecified atom stereocenters. The Morgan fingerprint density at radius 3 is 2.88 bits per heavy atom. The van der Waals surface area contributed by atoms with E-state index < -0.39 is 0 Å². The van der Waals surface area contributed by atoms with Gasteiger partial charge in [0, 0.05) is 30.0 Å². The number of aromatic nitrogens is 3. The summed E-state index contributed by atoms with van der Waals surface area (Å²) in [5, 5.41) is 3.92. The highest BCUT2D eigenvalue weighted by Gasteiger charge is 2.25. The van der Waals surface area contributed by atoms with Crippen molar-refractivity contribution in [3.63, 3.8) is 0 Å². The second-order valence-electron chi connectivity index (χ2n) is 6.50. The van der Waals surface area contributed by atoms with Gasteiger partial charge in [-0.2, -0.15) is 0 Å². The van der Waals surface area contributed by atoms with Crippen LogP contribution in [0.4, 0.5) is 0 Å². The lowest BCUT2D eigenvalue weighted by molar-refractivity contribution is -0.138. The molecule has 0 N–H and O–H groups in total. The zero-order chi connectivity index (χ0) is 17.8. The second-order valence-corrected chi connectivity index (χ2v) is 6.50. The summed E-state index contributed by atoms with van der Waals surface area (Å²) >= 11 is 0. The molecule has 0 bridgehead atoms. The highest BCUT2D eigenvalue weighted by molar-refractivity contribution is 5.79. The van der Waals surface area contributed by atoms with Gasteiger partial charge in [0.1, 0.15) is 12.1 Å². The van der Waals surface area contributed by atoms with Crippen molar-refractivity contribution in [1.29, 1.82) is 0 Å². The normalized spacial score (nSPS) is 17.7. The van der Waals surface area contributed by atoms with Crippen LogP contribution in [0.3, 0.4) is 0 Å². The molecule has 3 heterocycles. The fourth-order valence-electron chi connectivity index (χ4n) is 3.09. The van der Waals surface area contributed by atoms with Crippen LogP contribution in [0.15, 0.2) is 16.9 Å². The first-order valence-electron chi connectivity index (χ1n) is 8.61. The number of amides is 1. The van der Waals surface area contributed by atoms with Gasteiger partial charge in [-0.1, -0.05) is 5.16 Å². The van der Waals surface area contributed by atoms with Crippen molar-refractivity contribution in [2.45, 2.75) is 46.1 Å². The maximum absolute atomic E-state index is 12.6. The molecule has 0 aromatic carbocycles. The van der Waals surface area contributed by atoms with Gasteiger partial charge in [-0.15, -0.1) is 0 Å². The molecule has 134 valence electrons. The third kappa shape index (κ3) is 4.42. The predicted octanol–water partition coefficient (Wildman–Crippen LogP) is 1.79. The first-order chi connectivity index (χ1) is 12.0. The van der Waals surface area contributed by atoms with Crippen LogP contribution >= 0.6 is 0 Å². The van der Waals surface area contributed by atoms with Crippen LogP contribution in [0.2, 0.25) is 0 Å². The van der Waals surface area contributed by atoms with Crippen molar-refractivity contribution in [3.05, 3.63) is 40.8 Å². The van der Waals surface area contributed by atoms with E-state index >= 15 is 0 Å². The lowest BCUT2D eigenvalue weighted by Gasteiger charge is -2.33. The number of hydrogen-bond acceptors (Lipinski definition) is 6. The molecule has 0 aliphatic carbocycles. The van der Waals surface area contributed by atoms with Crippen molar-refractivity contribution >= 4 is 5.91 Å². The number of carbonyl (C=O) groups excluding carboxylic acids is 1. The van der Waals surface area contributed by atoms with Gasteiger partial charge < -0.3 is 14.2 Å². The van der Waals surface area contributed by atoms with Gasteiger partial charge >= 0.3 is 0 Å². The summed E-state index contributed by atoms with van der Waals surface area (Å²) in [6, 6.07) is 1.99. The number of morpholine rings is 1. The molecule has 25 heavy (non-hydrogen) atoms. The van der Waals surface area contributed by atoms with Crippen LogP contribution in [-0.2, 0) is 22.4 Å². The van der Waals surface area contributed by atoms with E-state index in [0.29, 0.717) is 26.1 Å². The Hall–Kier alpha value is -2.28. The van der Waals surface area contributed by atoms with Gasteiger partial charge in [0.25, 0.3) is 0 Å². The smallest absolute Gasteiger partial charge is 0.227 e. The summed E-state index contributed by atoms with van der Waals surface area (Å²) < 4.78 is 11.0. The summed E-state index contributed by atoms with van der Waals surface area (Å²) in [6.07, 6.45) is 3.62. The standard InChI is InChI=1S/C18H24N4O3/c1-12-8-15(20-11-19-12)4-5-16-10-22(6-7-24-16)18(23)9-17-13(2)21-25-14(17)3/h8,11,16H,4-7,9-10H2,1-3H3. The molecule has 1 aliphatic rings. The van der Waals surface area contributed by atoms with Crippen LogP contribution in [-0.4, -0.2) is 51.7 Å². The van der Waals surface area contributed by atoms with E-state index in [1.807, 2.05) is 31.7 Å². The number of aryl methyl sites for hydroxylation is 4. The molecule has 1 fully saturated rings. The summed E-state index contributed by atoms with van der Waals surface area (Å²) in [5.41, 5.74) is 3.65. The zero-order valence-electron chi connectivity index (χ0n) is 15.0. The predicted molar refractivity (Wildman–Crippen MR) is 91.1 cm³/mol. The van der Waals surface area contributed by atoms with Crippen molar-refractivity contribution in [2.75, 3.05) is 19.7 Å². The molecule has 1 amide bonds. The van der Waals surface area contributed by atoms with Crippen LogP contribution in [0, 0.1) is 20.8 Å².